The minimum atomic E-state index is -0.366. The van der Waals surface area contributed by atoms with Gasteiger partial charge in [0.1, 0.15) is 0 Å². The van der Waals surface area contributed by atoms with Gasteiger partial charge in [-0.15, -0.1) is 0 Å². The molecule has 358 valence electrons. The van der Waals surface area contributed by atoms with Gasteiger partial charge < -0.3 is 9.31 Å². The van der Waals surface area contributed by atoms with Crippen LogP contribution in [0.15, 0.2) is 231 Å². The van der Waals surface area contributed by atoms with Crippen LogP contribution < -0.4 is 5.46 Å². The first-order chi connectivity index (χ1) is 36.7. The van der Waals surface area contributed by atoms with E-state index in [1.54, 1.807) is 0 Å². The summed E-state index contributed by atoms with van der Waals surface area (Å²) in [4.78, 5) is 24.8. The maximum atomic E-state index is 6.23. The molecule has 0 spiro atoms. The van der Waals surface area contributed by atoms with Crippen molar-refractivity contribution >= 4 is 77.5 Å². The fraction of sp³-hybridized carbons (Fsp3) is 0.0896. The van der Waals surface area contributed by atoms with Crippen LogP contribution in [0.1, 0.15) is 27.7 Å². The fourth-order valence-electron chi connectivity index (χ4n) is 10.4. The summed E-state index contributed by atoms with van der Waals surface area (Å²) in [6, 6.07) is 79.7. The smallest absolute Gasteiger partial charge is 0.399 e. The Labute approximate surface area is 435 Å². The summed E-state index contributed by atoms with van der Waals surface area (Å²) in [6.45, 7) is 8.32. The lowest BCUT2D eigenvalue weighted by Crippen LogP contribution is -2.41. The monoisotopic (exact) mass is 967 g/mol. The highest BCUT2D eigenvalue weighted by Crippen LogP contribution is 2.40. The zero-order valence-electron chi connectivity index (χ0n) is 42.1. The van der Waals surface area contributed by atoms with Crippen LogP contribution in [0.2, 0.25) is 0 Å². The molecule has 1 aliphatic rings. The second-order valence-corrected chi connectivity index (χ2v) is 20.2. The van der Waals surface area contributed by atoms with Gasteiger partial charge in [-0.3, -0.25) is 0 Å². The first-order valence-corrected chi connectivity index (χ1v) is 25.5. The Morgan fingerprint density at radius 3 is 1.08 bits per heavy atom. The highest BCUT2D eigenvalue weighted by molar-refractivity contribution is 6.62. The minimum Gasteiger partial charge on any atom is -0.399 e. The summed E-state index contributed by atoms with van der Waals surface area (Å²) in [5, 5.41) is 12.1. The van der Waals surface area contributed by atoms with Gasteiger partial charge in [-0.2, -0.15) is 0 Å². The summed E-state index contributed by atoms with van der Waals surface area (Å²) in [6.07, 6.45) is 0. The van der Waals surface area contributed by atoms with Crippen molar-refractivity contribution in [3.63, 3.8) is 0 Å². The molecule has 0 amide bonds. The Morgan fingerprint density at radius 1 is 0.293 bits per heavy atom. The van der Waals surface area contributed by atoms with Crippen LogP contribution in [0.3, 0.4) is 0 Å². The molecule has 0 N–H and O–H groups in total. The summed E-state index contributed by atoms with van der Waals surface area (Å²) < 4.78 is 12.5. The van der Waals surface area contributed by atoms with Crippen molar-refractivity contribution < 1.29 is 9.31 Å². The van der Waals surface area contributed by atoms with Gasteiger partial charge in [0.2, 0.25) is 0 Å². The van der Waals surface area contributed by atoms with Gasteiger partial charge in [0.25, 0.3) is 0 Å². The molecule has 14 rings (SSSR count). The fourth-order valence-corrected chi connectivity index (χ4v) is 10.4. The molecule has 0 radical (unpaired) electrons. The van der Waals surface area contributed by atoms with Gasteiger partial charge in [0, 0.05) is 60.1 Å². The molecule has 0 unspecified atom stereocenters. The summed E-state index contributed by atoms with van der Waals surface area (Å²) in [7, 11) is -0.366. The number of nitrogens with zero attached hydrogens (tertiary/aromatic N) is 5. The lowest BCUT2D eigenvalue weighted by Gasteiger charge is -2.32. The maximum Gasteiger partial charge on any atom is 0.494 e. The number of aromatic nitrogens is 5. The van der Waals surface area contributed by atoms with E-state index < -0.39 is 0 Å². The van der Waals surface area contributed by atoms with E-state index in [4.69, 9.17) is 34.2 Å². The van der Waals surface area contributed by atoms with E-state index in [1.165, 1.54) is 37.7 Å². The quantitative estimate of drug-likeness (QED) is 0.121. The molecular formula is C67H50BN5O2. The molecule has 0 saturated carbocycles. The third-order valence-corrected chi connectivity index (χ3v) is 15.0. The minimum absolute atomic E-state index is 0.354. The third kappa shape index (κ3) is 8.34. The lowest BCUT2D eigenvalue weighted by molar-refractivity contribution is 0.00578. The molecule has 7 nitrogen and oxygen atoms in total. The van der Waals surface area contributed by atoms with Crippen LogP contribution in [-0.2, 0) is 9.31 Å². The van der Waals surface area contributed by atoms with Crippen LogP contribution in [0, 0.1) is 0 Å². The highest BCUT2D eigenvalue weighted by atomic mass is 16.7. The van der Waals surface area contributed by atoms with Crippen LogP contribution in [0.25, 0.3) is 122 Å². The molecule has 1 saturated heterocycles. The zero-order chi connectivity index (χ0) is 50.7. The van der Waals surface area contributed by atoms with Crippen LogP contribution in [0.5, 0.6) is 0 Å². The first kappa shape index (κ1) is 45.9. The number of para-hydroxylation sites is 2. The number of benzene rings is 10. The van der Waals surface area contributed by atoms with Gasteiger partial charge in [-0.05, 0) is 66.8 Å². The van der Waals surface area contributed by atoms with Crippen molar-refractivity contribution in [3.8, 4) is 56.7 Å². The second-order valence-electron chi connectivity index (χ2n) is 20.2. The summed E-state index contributed by atoms with van der Waals surface area (Å²) in [5.41, 5.74) is 9.22. The molecule has 0 aliphatic carbocycles. The maximum absolute atomic E-state index is 6.23. The summed E-state index contributed by atoms with van der Waals surface area (Å²) in [5.74, 6) is 1.94. The van der Waals surface area contributed by atoms with E-state index in [0.717, 1.165) is 71.9 Å². The van der Waals surface area contributed by atoms with Crippen LogP contribution in [0.4, 0.5) is 0 Å². The molecule has 10 aromatic carbocycles. The van der Waals surface area contributed by atoms with E-state index >= 15 is 0 Å². The number of hydrogen-bond acceptors (Lipinski definition) is 7. The standard InChI is InChI=1S/C38H24N4.C29H26BNO2/c1-3-12-27(13-4-1)36-40-37(28-14-5-2-6-15-28)42-38(41-36)29-21-19-26(20-22-29)35-32-24-23-25-11-7-8-16-30(25)34(32)31-17-9-10-18-33(31)39-35;1-28(2)29(3,4)33-30(32-28)21-16-13-20(14-17-21)27-24-18-15-19-9-5-6-10-22(19)26(24)23-11-7-8-12-25(23)31-27/h1-24H;5-18H,1-4H3. The molecule has 1 fully saturated rings. The molecule has 0 atom stereocenters. The van der Waals surface area contributed by atoms with Crippen molar-refractivity contribution in [3.05, 3.63) is 231 Å². The Bertz CT molecular complexity index is 4200. The molecule has 3 aromatic heterocycles. The van der Waals surface area contributed by atoms with Gasteiger partial charge in [0.05, 0.1) is 33.6 Å². The Hall–Kier alpha value is -8.95. The van der Waals surface area contributed by atoms with Crippen molar-refractivity contribution in [1.82, 2.24) is 24.9 Å². The zero-order valence-corrected chi connectivity index (χ0v) is 42.1. The normalized spacial score (nSPS) is 13.9. The number of fused-ring (bicyclic) bond motifs is 10. The summed E-state index contributed by atoms with van der Waals surface area (Å²) >= 11 is 0. The predicted molar refractivity (Wildman–Crippen MR) is 310 cm³/mol. The first-order valence-electron chi connectivity index (χ1n) is 25.5. The SMILES string of the molecule is CC1(C)OB(c2ccc(-c3nc4ccccc4c4c3ccc3ccccc34)cc2)OC1(C)C.c1ccc(-c2nc(-c3ccccc3)nc(-c3ccc(-c4nc5ccccc5c5c4ccc4ccccc45)cc3)n2)cc1. The largest absolute Gasteiger partial charge is 0.494 e. The average Bonchev–Trinajstić information content (AvgIpc) is 3.72. The molecule has 8 heteroatoms. The topological polar surface area (TPSA) is 82.9 Å². The average molecular weight is 968 g/mol. The molecular weight excluding hydrogens is 918 g/mol. The molecule has 1 aliphatic heterocycles. The third-order valence-electron chi connectivity index (χ3n) is 15.0. The van der Waals surface area contributed by atoms with Crippen LogP contribution >= 0.6 is 0 Å². The number of pyridine rings is 2. The van der Waals surface area contributed by atoms with E-state index in [0.29, 0.717) is 17.5 Å². The van der Waals surface area contributed by atoms with Gasteiger partial charge >= 0.3 is 7.12 Å². The van der Waals surface area contributed by atoms with E-state index in [9.17, 15) is 0 Å². The van der Waals surface area contributed by atoms with Crippen molar-refractivity contribution in [2.75, 3.05) is 0 Å². The molecule has 13 aromatic rings. The van der Waals surface area contributed by atoms with Crippen molar-refractivity contribution in [2.24, 2.45) is 0 Å². The highest BCUT2D eigenvalue weighted by Gasteiger charge is 2.51. The van der Waals surface area contributed by atoms with E-state index in [1.807, 2.05) is 60.7 Å². The van der Waals surface area contributed by atoms with Gasteiger partial charge in [-0.1, -0.05) is 218 Å². The number of rotatable bonds is 6. The Kier molecular flexibility index (Phi) is 11.3. The molecule has 75 heavy (non-hydrogen) atoms. The Balaban J connectivity index is 0.000000148. The molecule has 4 heterocycles. The van der Waals surface area contributed by atoms with E-state index in [-0.39, 0.29) is 18.3 Å². The lowest BCUT2D eigenvalue weighted by atomic mass is 9.78. The van der Waals surface area contributed by atoms with Gasteiger partial charge in [-0.25, -0.2) is 24.9 Å². The van der Waals surface area contributed by atoms with Crippen molar-refractivity contribution in [1.29, 1.82) is 0 Å². The second kappa shape index (κ2) is 18.5. The number of hydrogen-bond donors (Lipinski definition) is 0. The van der Waals surface area contributed by atoms with Crippen LogP contribution in [-0.4, -0.2) is 43.2 Å². The predicted octanol–water partition coefficient (Wildman–Crippen LogP) is 15.9. The van der Waals surface area contributed by atoms with Crippen molar-refractivity contribution in [2.45, 2.75) is 38.9 Å². The Morgan fingerprint density at radius 2 is 0.640 bits per heavy atom. The molecule has 0 bridgehead atoms. The van der Waals surface area contributed by atoms with Gasteiger partial charge in [0.15, 0.2) is 17.5 Å². The van der Waals surface area contributed by atoms with E-state index in [2.05, 4.69) is 198 Å².